The van der Waals surface area contributed by atoms with Crippen molar-refractivity contribution in [3.8, 4) is 6.07 Å². The molecule has 0 atom stereocenters. The van der Waals surface area contributed by atoms with Gasteiger partial charge < -0.3 is 14.6 Å². The van der Waals surface area contributed by atoms with E-state index in [1.54, 1.807) is 13.8 Å². The first-order chi connectivity index (χ1) is 12.5. The summed E-state index contributed by atoms with van der Waals surface area (Å²) in [7, 11) is 0. The summed E-state index contributed by atoms with van der Waals surface area (Å²) in [6.07, 6.45) is 5.12. The van der Waals surface area contributed by atoms with Gasteiger partial charge in [0.2, 0.25) is 0 Å². The van der Waals surface area contributed by atoms with Gasteiger partial charge in [-0.3, -0.25) is 4.79 Å². The largest absolute Gasteiger partial charge is 0.452 e. The lowest BCUT2D eigenvalue weighted by Crippen LogP contribution is -2.21. The average molecular weight is 373 g/mol. The Morgan fingerprint density at radius 3 is 2.77 bits per heavy atom. The number of rotatable bonds is 4. The molecule has 0 saturated heterocycles. The van der Waals surface area contributed by atoms with Crippen LogP contribution in [0.15, 0.2) is 4.52 Å². The topological polar surface area (TPSA) is 105 Å². The zero-order valence-electron chi connectivity index (χ0n) is 14.7. The number of esters is 1. The van der Waals surface area contributed by atoms with Crippen molar-refractivity contribution in [1.82, 2.24) is 5.16 Å². The standard InChI is InChI=1S/C18H19N3O4S/c1-10-16(11(2)25-21-10)18(23)24-9-15(22)20-17-13(8-19)12-6-4-3-5-7-14(12)26-17/h3-7,9H2,1-2H3,(H,20,22). The smallest absolute Gasteiger partial charge is 0.344 e. The van der Waals surface area contributed by atoms with E-state index >= 15 is 0 Å². The summed E-state index contributed by atoms with van der Waals surface area (Å²) in [5.41, 5.74) is 2.25. The fourth-order valence-corrected chi connectivity index (χ4v) is 4.35. The second kappa shape index (κ2) is 7.70. The van der Waals surface area contributed by atoms with E-state index in [4.69, 9.17) is 9.26 Å². The number of fused-ring (bicyclic) bond motifs is 1. The summed E-state index contributed by atoms with van der Waals surface area (Å²) < 4.78 is 9.97. The molecule has 0 fully saturated rings. The number of hydrogen-bond donors (Lipinski definition) is 1. The Morgan fingerprint density at radius 1 is 1.31 bits per heavy atom. The molecule has 26 heavy (non-hydrogen) atoms. The van der Waals surface area contributed by atoms with Gasteiger partial charge in [-0.2, -0.15) is 5.26 Å². The number of carbonyl (C=O) groups is 2. The molecule has 1 N–H and O–H groups in total. The molecule has 136 valence electrons. The van der Waals surface area contributed by atoms with Crippen LogP contribution in [0.1, 0.15) is 57.1 Å². The van der Waals surface area contributed by atoms with Gasteiger partial charge in [0.1, 0.15) is 22.4 Å². The highest BCUT2D eigenvalue weighted by atomic mass is 32.1. The number of anilines is 1. The molecule has 8 heteroatoms. The van der Waals surface area contributed by atoms with Crippen LogP contribution in [0.4, 0.5) is 5.00 Å². The summed E-state index contributed by atoms with van der Waals surface area (Å²) in [6, 6.07) is 2.21. The van der Waals surface area contributed by atoms with Crippen LogP contribution in [-0.4, -0.2) is 23.6 Å². The minimum absolute atomic E-state index is 0.235. The molecule has 2 aromatic heterocycles. The molecule has 0 aliphatic heterocycles. The van der Waals surface area contributed by atoms with E-state index in [0.717, 1.165) is 37.7 Å². The second-order valence-corrected chi connectivity index (χ2v) is 7.31. The molecule has 0 unspecified atom stereocenters. The molecule has 0 saturated carbocycles. The van der Waals surface area contributed by atoms with E-state index in [2.05, 4.69) is 16.5 Å². The molecule has 1 aliphatic rings. The minimum atomic E-state index is -0.654. The summed E-state index contributed by atoms with van der Waals surface area (Å²) in [6.45, 7) is 2.80. The highest BCUT2D eigenvalue weighted by Gasteiger charge is 2.23. The zero-order chi connectivity index (χ0) is 18.7. The lowest BCUT2D eigenvalue weighted by molar-refractivity contribution is -0.119. The van der Waals surface area contributed by atoms with Crippen molar-refractivity contribution < 1.29 is 18.8 Å². The Kier molecular flexibility index (Phi) is 5.38. The second-order valence-electron chi connectivity index (χ2n) is 6.20. The third kappa shape index (κ3) is 3.63. The third-order valence-electron chi connectivity index (χ3n) is 4.36. The number of thiophene rings is 1. The number of ether oxygens (including phenoxy) is 1. The van der Waals surface area contributed by atoms with Crippen LogP contribution in [0, 0.1) is 25.2 Å². The maximum absolute atomic E-state index is 12.2. The molecule has 1 amide bonds. The Morgan fingerprint density at radius 2 is 2.08 bits per heavy atom. The van der Waals surface area contributed by atoms with Crippen molar-refractivity contribution in [2.24, 2.45) is 0 Å². The van der Waals surface area contributed by atoms with E-state index in [1.165, 1.54) is 16.2 Å². The van der Waals surface area contributed by atoms with Crippen molar-refractivity contribution in [2.45, 2.75) is 46.0 Å². The summed E-state index contributed by atoms with van der Waals surface area (Å²) >= 11 is 1.45. The van der Waals surface area contributed by atoms with Crippen LogP contribution in [0.3, 0.4) is 0 Å². The first-order valence-electron chi connectivity index (χ1n) is 8.45. The molecule has 0 radical (unpaired) electrons. The molecule has 2 heterocycles. The molecular weight excluding hydrogens is 354 g/mol. The molecule has 3 rings (SSSR count). The van der Waals surface area contributed by atoms with Gasteiger partial charge >= 0.3 is 5.97 Å². The Hall–Kier alpha value is -2.66. The number of aromatic nitrogens is 1. The van der Waals surface area contributed by atoms with Crippen LogP contribution in [0.5, 0.6) is 0 Å². The molecule has 0 spiro atoms. The lowest BCUT2D eigenvalue weighted by Gasteiger charge is -2.05. The van der Waals surface area contributed by atoms with Gasteiger partial charge in [-0.15, -0.1) is 11.3 Å². The van der Waals surface area contributed by atoms with Gasteiger partial charge in [0, 0.05) is 4.88 Å². The number of nitrogens with one attached hydrogen (secondary N) is 1. The highest BCUT2D eigenvalue weighted by molar-refractivity contribution is 7.16. The molecule has 0 bridgehead atoms. The average Bonchev–Trinajstić information content (AvgIpc) is 3.01. The minimum Gasteiger partial charge on any atom is -0.452 e. The van der Waals surface area contributed by atoms with E-state index < -0.39 is 18.5 Å². The Labute approximate surface area is 154 Å². The van der Waals surface area contributed by atoms with Crippen molar-refractivity contribution in [3.05, 3.63) is 33.0 Å². The number of hydrogen-bond acceptors (Lipinski definition) is 7. The predicted octanol–water partition coefficient (Wildman–Crippen LogP) is 3.29. The fraction of sp³-hybridized carbons (Fsp3) is 0.444. The van der Waals surface area contributed by atoms with Crippen molar-refractivity contribution in [2.75, 3.05) is 11.9 Å². The van der Waals surface area contributed by atoms with Gasteiger partial charge in [0.05, 0.1) is 11.3 Å². The maximum Gasteiger partial charge on any atom is 0.344 e. The summed E-state index contributed by atoms with van der Waals surface area (Å²) in [4.78, 5) is 25.4. The lowest BCUT2D eigenvalue weighted by atomic mass is 10.1. The number of carbonyl (C=O) groups excluding carboxylic acids is 2. The number of amides is 1. The van der Waals surface area contributed by atoms with Crippen LogP contribution in [-0.2, 0) is 22.4 Å². The number of nitriles is 1. The maximum atomic E-state index is 12.2. The number of nitrogens with zero attached hydrogens (tertiary/aromatic N) is 2. The SMILES string of the molecule is Cc1noc(C)c1C(=O)OCC(=O)Nc1sc2c(c1C#N)CCCCC2. The van der Waals surface area contributed by atoms with Gasteiger partial charge in [-0.25, -0.2) is 4.79 Å². The fourth-order valence-electron chi connectivity index (χ4n) is 3.09. The number of aryl methyl sites for hydroxylation is 3. The first kappa shape index (κ1) is 18.1. The van der Waals surface area contributed by atoms with Crippen LogP contribution < -0.4 is 5.32 Å². The van der Waals surface area contributed by atoms with Crippen molar-refractivity contribution in [3.63, 3.8) is 0 Å². The first-order valence-corrected chi connectivity index (χ1v) is 9.27. The third-order valence-corrected chi connectivity index (χ3v) is 5.57. The van der Waals surface area contributed by atoms with Crippen LogP contribution >= 0.6 is 11.3 Å². The molecule has 2 aromatic rings. The van der Waals surface area contributed by atoms with Crippen LogP contribution in [0.25, 0.3) is 0 Å². The molecule has 1 aliphatic carbocycles. The molecule has 0 aromatic carbocycles. The van der Waals surface area contributed by atoms with Gasteiger partial charge in [0.15, 0.2) is 6.61 Å². The summed E-state index contributed by atoms with van der Waals surface area (Å²) in [5.74, 6) is -0.779. The predicted molar refractivity (Wildman–Crippen MR) is 95.2 cm³/mol. The van der Waals surface area contributed by atoms with Crippen molar-refractivity contribution in [1.29, 1.82) is 5.26 Å². The van der Waals surface area contributed by atoms with Crippen molar-refractivity contribution >= 4 is 28.2 Å². The van der Waals surface area contributed by atoms with E-state index in [1.807, 2.05) is 0 Å². The normalized spacial score (nSPS) is 13.4. The van der Waals surface area contributed by atoms with Gasteiger partial charge in [-0.1, -0.05) is 11.6 Å². The van der Waals surface area contributed by atoms with Gasteiger partial charge in [-0.05, 0) is 45.1 Å². The van der Waals surface area contributed by atoms with E-state index in [-0.39, 0.29) is 5.56 Å². The Bertz CT molecular complexity index is 872. The molecular formula is C18H19N3O4S. The van der Waals surface area contributed by atoms with Gasteiger partial charge in [0.25, 0.3) is 5.91 Å². The highest BCUT2D eigenvalue weighted by Crippen LogP contribution is 2.36. The van der Waals surface area contributed by atoms with Crippen LogP contribution in [0.2, 0.25) is 0 Å². The Balaban J connectivity index is 1.66. The van der Waals surface area contributed by atoms with E-state index in [0.29, 0.717) is 22.0 Å². The monoisotopic (exact) mass is 373 g/mol. The quantitative estimate of drug-likeness (QED) is 0.651. The van der Waals surface area contributed by atoms with E-state index in [9.17, 15) is 14.9 Å². The zero-order valence-corrected chi connectivity index (χ0v) is 15.5. The molecule has 7 nitrogen and oxygen atoms in total. The summed E-state index contributed by atoms with van der Waals surface area (Å²) in [5, 5.41) is 16.4.